The Morgan fingerprint density at radius 3 is 2.68 bits per heavy atom. The van der Waals surface area contributed by atoms with Crippen molar-refractivity contribution >= 4 is 27.5 Å². The molecule has 0 aliphatic heterocycles. The van der Waals surface area contributed by atoms with Crippen LogP contribution in [0.15, 0.2) is 36.4 Å². The Morgan fingerprint density at radius 1 is 1.26 bits per heavy atom. The van der Waals surface area contributed by atoms with Crippen LogP contribution in [0.1, 0.15) is 21.5 Å². The molecule has 0 aliphatic carbocycles. The van der Waals surface area contributed by atoms with Gasteiger partial charge in [-0.1, -0.05) is 45.7 Å². The number of hydrogen-bond donors (Lipinski definition) is 0. The third-order valence-electron chi connectivity index (χ3n) is 2.94. The molecule has 0 heterocycles. The van der Waals surface area contributed by atoms with Gasteiger partial charge in [0.15, 0.2) is 0 Å². The van der Waals surface area contributed by atoms with E-state index in [1.54, 1.807) is 20.1 Å². The van der Waals surface area contributed by atoms with Gasteiger partial charge in [-0.3, -0.25) is 0 Å². The van der Waals surface area contributed by atoms with Gasteiger partial charge in [-0.25, -0.2) is 4.39 Å². The van der Waals surface area contributed by atoms with E-state index in [0.717, 1.165) is 16.9 Å². The van der Waals surface area contributed by atoms with E-state index in [2.05, 4.69) is 15.9 Å². The number of rotatable bonds is 3. The minimum absolute atomic E-state index is 0.102. The molecule has 0 spiro atoms. The first kappa shape index (κ1) is 14.4. The van der Waals surface area contributed by atoms with E-state index in [0.29, 0.717) is 10.6 Å². The maximum Gasteiger partial charge on any atom is 0.127 e. The fourth-order valence-electron chi connectivity index (χ4n) is 1.85. The average molecular weight is 344 g/mol. The van der Waals surface area contributed by atoms with Crippen molar-refractivity contribution in [3.05, 3.63) is 63.9 Å². The highest BCUT2D eigenvalue weighted by Gasteiger charge is 2.16. The zero-order valence-electron chi connectivity index (χ0n) is 10.6. The SMILES string of the molecule is COc1cccc(C(Br)c2cc(C)c(F)cc2Cl)c1. The molecule has 2 aromatic rings. The van der Waals surface area contributed by atoms with Gasteiger partial charge in [-0.15, -0.1) is 0 Å². The van der Waals surface area contributed by atoms with Crippen molar-refractivity contribution in [3.63, 3.8) is 0 Å². The number of halogens is 3. The topological polar surface area (TPSA) is 9.23 Å². The van der Waals surface area contributed by atoms with Gasteiger partial charge in [0.1, 0.15) is 11.6 Å². The third-order valence-corrected chi connectivity index (χ3v) is 4.29. The van der Waals surface area contributed by atoms with Gasteiger partial charge < -0.3 is 4.74 Å². The average Bonchev–Trinajstić information content (AvgIpc) is 2.42. The van der Waals surface area contributed by atoms with E-state index < -0.39 is 0 Å². The van der Waals surface area contributed by atoms with E-state index in [4.69, 9.17) is 16.3 Å². The van der Waals surface area contributed by atoms with Gasteiger partial charge in [0.2, 0.25) is 0 Å². The van der Waals surface area contributed by atoms with E-state index in [-0.39, 0.29) is 10.6 Å². The van der Waals surface area contributed by atoms with Gasteiger partial charge in [0.25, 0.3) is 0 Å². The van der Waals surface area contributed by atoms with Crippen LogP contribution in [0.3, 0.4) is 0 Å². The zero-order valence-corrected chi connectivity index (χ0v) is 12.9. The number of alkyl halides is 1. The summed E-state index contributed by atoms with van der Waals surface area (Å²) in [6.07, 6.45) is 0. The molecule has 0 N–H and O–H groups in total. The smallest absolute Gasteiger partial charge is 0.127 e. The van der Waals surface area contributed by atoms with Crippen molar-refractivity contribution in [2.75, 3.05) is 7.11 Å². The molecule has 0 bridgehead atoms. The van der Waals surface area contributed by atoms with Gasteiger partial charge in [0, 0.05) is 5.02 Å². The van der Waals surface area contributed by atoms with Gasteiger partial charge in [-0.2, -0.15) is 0 Å². The monoisotopic (exact) mass is 342 g/mol. The molecule has 19 heavy (non-hydrogen) atoms. The molecule has 0 saturated carbocycles. The minimum atomic E-state index is -0.293. The summed E-state index contributed by atoms with van der Waals surface area (Å²) in [5.74, 6) is 0.482. The molecule has 0 aliphatic rings. The van der Waals surface area contributed by atoms with Crippen LogP contribution in [0.5, 0.6) is 5.75 Å². The summed E-state index contributed by atoms with van der Waals surface area (Å²) in [7, 11) is 1.62. The molecule has 1 nitrogen and oxygen atoms in total. The minimum Gasteiger partial charge on any atom is -0.497 e. The Balaban J connectivity index is 2.43. The lowest BCUT2D eigenvalue weighted by Crippen LogP contribution is -1.97. The van der Waals surface area contributed by atoms with Crippen molar-refractivity contribution in [2.24, 2.45) is 0 Å². The fraction of sp³-hybridized carbons (Fsp3) is 0.200. The molecule has 4 heteroatoms. The quantitative estimate of drug-likeness (QED) is 0.689. The Morgan fingerprint density at radius 2 is 2.00 bits per heavy atom. The van der Waals surface area contributed by atoms with E-state index in [9.17, 15) is 4.39 Å². The van der Waals surface area contributed by atoms with E-state index in [1.165, 1.54) is 6.07 Å². The largest absolute Gasteiger partial charge is 0.497 e. The van der Waals surface area contributed by atoms with Gasteiger partial charge >= 0.3 is 0 Å². The van der Waals surface area contributed by atoms with Gasteiger partial charge in [0.05, 0.1) is 11.9 Å². The van der Waals surface area contributed by atoms with Crippen molar-refractivity contribution in [1.29, 1.82) is 0 Å². The summed E-state index contributed by atoms with van der Waals surface area (Å²) < 4.78 is 18.6. The van der Waals surface area contributed by atoms with Crippen molar-refractivity contribution in [1.82, 2.24) is 0 Å². The second-order valence-corrected chi connectivity index (χ2v) is 5.58. The summed E-state index contributed by atoms with van der Waals surface area (Å²) in [5, 5.41) is 0.410. The Labute approximate surface area is 125 Å². The zero-order chi connectivity index (χ0) is 14.0. The Bertz CT molecular complexity index is 601. The maximum atomic E-state index is 13.4. The van der Waals surface area contributed by atoms with Gasteiger partial charge in [-0.05, 0) is 41.8 Å². The number of methoxy groups -OCH3 is 1. The summed E-state index contributed by atoms with van der Waals surface area (Å²) in [6.45, 7) is 1.72. The second-order valence-electron chi connectivity index (χ2n) is 4.26. The van der Waals surface area contributed by atoms with Crippen LogP contribution in [0.25, 0.3) is 0 Å². The van der Waals surface area contributed by atoms with Crippen LogP contribution in [0.4, 0.5) is 4.39 Å². The lowest BCUT2D eigenvalue weighted by Gasteiger charge is -2.14. The fourth-order valence-corrected chi connectivity index (χ4v) is 2.91. The van der Waals surface area contributed by atoms with Crippen molar-refractivity contribution < 1.29 is 9.13 Å². The maximum absolute atomic E-state index is 13.4. The molecule has 0 amide bonds. The molecule has 2 aromatic carbocycles. The first-order chi connectivity index (χ1) is 9.02. The standard InChI is InChI=1S/C15H13BrClFO/c1-9-6-12(13(17)8-14(9)18)15(16)10-4-3-5-11(7-10)19-2/h3-8,15H,1-2H3. The number of hydrogen-bond acceptors (Lipinski definition) is 1. The van der Waals surface area contributed by atoms with E-state index in [1.807, 2.05) is 24.3 Å². The second kappa shape index (κ2) is 5.93. The molecular weight excluding hydrogens is 331 g/mol. The molecule has 0 fully saturated rings. The highest BCUT2D eigenvalue weighted by Crippen LogP contribution is 2.37. The van der Waals surface area contributed by atoms with Crippen molar-refractivity contribution in [2.45, 2.75) is 11.8 Å². The Hall–Kier alpha value is -1.06. The molecule has 0 aromatic heterocycles. The first-order valence-electron chi connectivity index (χ1n) is 5.76. The van der Waals surface area contributed by atoms with Crippen LogP contribution in [0.2, 0.25) is 5.02 Å². The van der Waals surface area contributed by atoms with E-state index >= 15 is 0 Å². The summed E-state index contributed by atoms with van der Waals surface area (Å²) in [5.41, 5.74) is 2.42. The normalized spacial score (nSPS) is 12.3. The molecule has 1 unspecified atom stereocenters. The van der Waals surface area contributed by atoms with Crippen LogP contribution in [-0.2, 0) is 0 Å². The first-order valence-corrected chi connectivity index (χ1v) is 7.06. The lowest BCUT2D eigenvalue weighted by molar-refractivity contribution is 0.414. The number of aryl methyl sites for hydroxylation is 1. The third kappa shape index (κ3) is 3.10. The highest BCUT2D eigenvalue weighted by atomic mass is 79.9. The highest BCUT2D eigenvalue weighted by molar-refractivity contribution is 9.09. The molecule has 1 atom stereocenters. The van der Waals surface area contributed by atoms with Crippen LogP contribution in [0, 0.1) is 12.7 Å². The number of ether oxygens (including phenoxy) is 1. The summed E-state index contributed by atoms with van der Waals surface area (Å²) in [4.78, 5) is -0.102. The Kier molecular flexibility index (Phi) is 4.48. The molecular formula is C15H13BrClFO. The van der Waals surface area contributed by atoms with Crippen molar-refractivity contribution in [3.8, 4) is 5.75 Å². The summed E-state index contributed by atoms with van der Waals surface area (Å²) in [6, 6.07) is 10.8. The lowest BCUT2D eigenvalue weighted by atomic mass is 10.0. The van der Waals surface area contributed by atoms with Crippen LogP contribution < -0.4 is 4.74 Å². The molecule has 0 saturated heterocycles. The van der Waals surface area contributed by atoms with Crippen LogP contribution >= 0.6 is 27.5 Å². The van der Waals surface area contributed by atoms with Crippen LogP contribution in [-0.4, -0.2) is 7.11 Å². The summed E-state index contributed by atoms with van der Waals surface area (Å²) >= 11 is 9.72. The predicted octanol–water partition coefficient (Wildman–Crippen LogP) is 5.28. The molecule has 2 rings (SSSR count). The number of benzene rings is 2. The molecule has 100 valence electrons. The predicted molar refractivity (Wildman–Crippen MR) is 79.9 cm³/mol. The molecule has 0 radical (unpaired) electrons.